The van der Waals surface area contributed by atoms with Gasteiger partial charge in [0.1, 0.15) is 13.2 Å². The van der Waals surface area contributed by atoms with E-state index in [1.165, 1.54) is 20.3 Å². The van der Waals surface area contributed by atoms with Crippen LogP contribution in [0, 0.1) is 10.1 Å². The van der Waals surface area contributed by atoms with E-state index in [1.54, 1.807) is 6.07 Å². The second-order valence-corrected chi connectivity index (χ2v) is 6.35. The molecule has 0 radical (unpaired) electrons. The molecule has 0 amide bonds. The third-order valence-corrected chi connectivity index (χ3v) is 4.90. The van der Waals surface area contributed by atoms with Crippen LogP contribution in [-0.2, 0) is 6.42 Å². The number of rotatable bonds is 4. The molecule has 2 heterocycles. The fraction of sp³-hybridized carbons (Fsp3) is 0.368. The lowest BCUT2D eigenvalue weighted by molar-refractivity contribution is -0.385. The molecule has 0 bridgehead atoms. The monoisotopic (exact) mass is 372 g/mol. The zero-order chi connectivity index (χ0) is 19.0. The first-order valence-corrected chi connectivity index (χ1v) is 8.68. The lowest BCUT2D eigenvalue weighted by Crippen LogP contribution is -2.31. The van der Waals surface area contributed by atoms with Crippen LogP contribution in [-0.4, -0.2) is 38.9 Å². The number of ether oxygens (including phenoxy) is 4. The minimum atomic E-state index is -0.398. The van der Waals surface area contributed by atoms with Gasteiger partial charge < -0.3 is 24.3 Å². The van der Waals surface area contributed by atoms with E-state index in [2.05, 4.69) is 5.32 Å². The Hall–Kier alpha value is -3.00. The Labute approximate surface area is 156 Å². The number of benzene rings is 2. The predicted molar refractivity (Wildman–Crippen MR) is 97.2 cm³/mol. The average molecular weight is 372 g/mol. The van der Waals surface area contributed by atoms with Crippen molar-refractivity contribution in [2.45, 2.75) is 12.5 Å². The highest BCUT2D eigenvalue weighted by atomic mass is 16.6. The van der Waals surface area contributed by atoms with E-state index in [0.717, 1.165) is 23.3 Å². The van der Waals surface area contributed by atoms with Gasteiger partial charge in [-0.2, -0.15) is 0 Å². The summed E-state index contributed by atoms with van der Waals surface area (Å²) in [6.45, 7) is 1.71. The number of nitrogens with one attached hydrogen (secondary N) is 1. The Morgan fingerprint density at radius 2 is 1.70 bits per heavy atom. The van der Waals surface area contributed by atoms with E-state index in [9.17, 15) is 10.1 Å². The standard InChI is InChI=1S/C19H20N2O6/c1-24-15-9-13(14(21(22)23)10-16(15)25-2)19-12-8-18-17(26-5-6-27-18)7-11(12)3-4-20-19/h7-10,19-20H,3-6H2,1-2H3. The first-order valence-electron chi connectivity index (χ1n) is 8.68. The molecule has 0 aromatic heterocycles. The molecule has 4 rings (SSSR count). The van der Waals surface area contributed by atoms with Gasteiger partial charge in [0, 0.05) is 6.54 Å². The fourth-order valence-corrected chi connectivity index (χ4v) is 3.64. The lowest BCUT2D eigenvalue weighted by atomic mass is 9.88. The van der Waals surface area contributed by atoms with Crippen LogP contribution < -0.4 is 24.3 Å². The predicted octanol–water partition coefficient (Wildman–Crippen LogP) is 2.62. The summed E-state index contributed by atoms with van der Waals surface area (Å²) in [6.07, 6.45) is 0.809. The van der Waals surface area contributed by atoms with Gasteiger partial charge in [-0.05, 0) is 35.7 Å². The summed E-state index contributed by atoms with van der Waals surface area (Å²) in [7, 11) is 2.97. The molecule has 1 unspecified atom stereocenters. The molecular formula is C19H20N2O6. The molecule has 27 heavy (non-hydrogen) atoms. The number of nitrogens with zero attached hydrogens (tertiary/aromatic N) is 1. The second kappa shape index (κ2) is 6.96. The maximum atomic E-state index is 11.7. The zero-order valence-corrected chi connectivity index (χ0v) is 15.1. The quantitative estimate of drug-likeness (QED) is 0.651. The van der Waals surface area contributed by atoms with Crippen molar-refractivity contribution in [3.63, 3.8) is 0 Å². The molecule has 8 nitrogen and oxygen atoms in total. The summed E-state index contributed by atoms with van der Waals surface area (Å²) in [5, 5.41) is 15.1. The van der Waals surface area contributed by atoms with Gasteiger partial charge in [0.25, 0.3) is 5.69 Å². The van der Waals surface area contributed by atoms with Crippen LogP contribution in [0.1, 0.15) is 22.7 Å². The summed E-state index contributed by atoms with van der Waals surface area (Å²) in [5.74, 6) is 2.16. The molecule has 1 N–H and O–H groups in total. The molecule has 0 saturated carbocycles. The van der Waals surface area contributed by atoms with E-state index in [4.69, 9.17) is 18.9 Å². The molecule has 0 aliphatic carbocycles. The van der Waals surface area contributed by atoms with E-state index < -0.39 is 4.92 Å². The van der Waals surface area contributed by atoms with Gasteiger partial charge in [0.2, 0.25) is 0 Å². The summed E-state index contributed by atoms with van der Waals surface area (Å²) >= 11 is 0. The molecule has 8 heteroatoms. The summed E-state index contributed by atoms with van der Waals surface area (Å²) in [5.41, 5.74) is 2.54. The SMILES string of the molecule is COc1cc(C2NCCc3cc4c(cc32)OCCO4)c([N+](=O)[O-])cc1OC. The summed E-state index contributed by atoms with van der Waals surface area (Å²) in [4.78, 5) is 11.3. The Kier molecular flexibility index (Phi) is 4.49. The van der Waals surface area contributed by atoms with Crippen molar-refractivity contribution in [3.8, 4) is 23.0 Å². The maximum Gasteiger partial charge on any atom is 0.278 e. The smallest absolute Gasteiger partial charge is 0.278 e. The van der Waals surface area contributed by atoms with Crippen LogP contribution in [0.3, 0.4) is 0 Å². The number of methoxy groups -OCH3 is 2. The normalized spacial score (nSPS) is 17.8. The highest BCUT2D eigenvalue weighted by Crippen LogP contribution is 2.43. The van der Waals surface area contributed by atoms with Gasteiger partial charge in [0.15, 0.2) is 23.0 Å². The molecule has 142 valence electrons. The highest BCUT2D eigenvalue weighted by Gasteiger charge is 2.31. The first-order chi connectivity index (χ1) is 13.1. The number of nitro benzene ring substituents is 1. The molecule has 2 aromatic carbocycles. The van der Waals surface area contributed by atoms with Gasteiger partial charge in [-0.3, -0.25) is 10.1 Å². The Morgan fingerprint density at radius 3 is 2.37 bits per heavy atom. The molecule has 0 fully saturated rings. The second-order valence-electron chi connectivity index (χ2n) is 6.35. The molecule has 0 spiro atoms. The number of hydrogen-bond donors (Lipinski definition) is 1. The van der Waals surface area contributed by atoms with Gasteiger partial charge >= 0.3 is 0 Å². The average Bonchev–Trinajstić information content (AvgIpc) is 2.70. The topological polar surface area (TPSA) is 92.1 Å². The van der Waals surface area contributed by atoms with Crippen LogP contribution in [0.4, 0.5) is 5.69 Å². The van der Waals surface area contributed by atoms with Crippen LogP contribution in [0.5, 0.6) is 23.0 Å². The van der Waals surface area contributed by atoms with Crippen molar-refractivity contribution < 1.29 is 23.9 Å². The van der Waals surface area contributed by atoms with Gasteiger partial charge in [-0.1, -0.05) is 0 Å². The van der Waals surface area contributed by atoms with Crippen molar-refractivity contribution in [3.05, 3.63) is 51.1 Å². The minimum Gasteiger partial charge on any atom is -0.493 e. The largest absolute Gasteiger partial charge is 0.493 e. The van der Waals surface area contributed by atoms with E-state index in [0.29, 0.717) is 42.6 Å². The van der Waals surface area contributed by atoms with Crippen LogP contribution in [0.2, 0.25) is 0 Å². The van der Waals surface area contributed by atoms with Crippen LogP contribution in [0.15, 0.2) is 24.3 Å². The van der Waals surface area contributed by atoms with Crippen molar-refractivity contribution >= 4 is 5.69 Å². The summed E-state index contributed by atoms with van der Waals surface area (Å²) < 4.78 is 22.0. The minimum absolute atomic E-state index is 0.0205. The Bertz CT molecular complexity index is 898. The number of fused-ring (bicyclic) bond motifs is 2. The number of hydrogen-bond acceptors (Lipinski definition) is 7. The Balaban J connectivity index is 1.86. The van der Waals surface area contributed by atoms with Crippen molar-refractivity contribution in [2.75, 3.05) is 34.0 Å². The number of nitro groups is 1. The van der Waals surface area contributed by atoms with E-state index >= 15 is 0 Å². The molecule has 1 atom stereocenters. The highest BCUT2D eigenvalue weighted by molar-refractivity contribution is 5.60. The summed E-state index contributed by atoms with van der Waals surface area (Å²) in [6, 6.07) is 6.61. The molecule has 2 aliphatic heterocycles. The third kappa shape index (κ3) is 3.02. The van der Waals surface area contributed by atoms with E-state index in [-0.39, 0.29) is 11.7 Å². The molecule has 0 saturated heterocycles. The molecular weight excluding hydrogens is 352 g/mol. The third-order valence-electron chi connectivity index (χ3n) is 4.90. The van der Waals surface area contributed by atoms with Crippen molar-refractivity contribution in [2.24, 2.45) is 0 Å². The zero-order valence-electron chi connectivity index (χ0n) is 15.1. The van der Waals surface area contributed by atoms with Crippen molar-refractivity contribution in [1.29, 1.82) is 0 Å². The molecule has 2 aliphatic rings. The van der Waals surface area contributed by atoms with Gasteiger partial charge in [0.05, 0.1) is 36.8 Å². The van der Waals surface area contributed by atoms with Crippen LogP contribution >= 0.6 is 0 Å². The molecule has 2 aromatic rings. The fourth-order valence-electron chi connectivity index (χ4n) is 3.64. The van der Waals surface area contributed by atoms with Crippen LogP contribution in [0.25, 0.3) is 0 Å². The van der Waals surface area contributed by atoms with Gasteiger partial charge in [-0.25, -0.2) is 0 Å². The van der Waals surface area contributed by atoms with Crippen molar-refractivity contribution in [1.82, 2.24) is 5.32 Å². The maximum absolute atomic E-state index is 11.7. The first kappa shape index (κ1) is 17.4. The van der Waals surface area contributed by atoms with E-state index in [1.807, 2.05) is 12.1 Å². The Morgan fingerprint density at radius 1 is 1.04 bits per heavy atom. The lowest BCUT2D eigenvalue weighted by Gasteiger charge is -2.30. The van der Waals surface area contributed by atoms with Gasteiger partial charge in [-0.15, -0.1) is 0 Å².